The Morgan fingerprint density at radius 2 is 1.50 bits per heavy atom. The first-order valence-corrected chi connectivity index (χ1v) is 8.63. The molecule has 24 heavy (non-hydrogen) atoms. The summed E-state index contributed by atoms with van der Waals surface area (Å²) in [5.41, 5.74) is 2.53. The number of hydrogen-bond donors (Lipinski definition) is 2. The number of halogens is 1. The molecule has 0 spiro atoms. The largest absolute Gasteiger partial charge is 0.322 e. The van der Waals surface area contributed by atoms with Crippen molar-refractivity contribution in [3.8, 4) is 0 Å². The standard InChI is InChI=1S/C18H20ClN3O2/c19-18-4-2-1-3-16(18)14-21-11-9-20(10-12-21)13-15-5-7-17(8-6-15)22(23)24/h1-8H,9-14H2/p+2. The first-order valence-electron chi connectivity index (χ1n) is 8.25. The second-order valence-electron chi connectivity index (χ2n) is 6.37. The smallest absolute Gasteiger partial charge is 0.269 e. The van der Waals surface area contributed by atoms with Crippen LogP contribution in [0.3, 0.4) is 0 Å². The monoisotopic (exact) mass is 347 g/mol. The van der Waals surface area contributed by atoms with Gasteiger partial charge in [-0.15, -0.1) is 0 Å². The topological polar surface area (TPSA) is 52.0 Å². The van der Waals surface area contributed by atoms with Crippen LogP contribution in [0.5, 0.6) is 0 Å². The van der Waals surface area contributed by atoms with E-state index in [1.165, 1.54) is 10.5 Å². The molecule has 0 aliphatic carbocycles. The van der Waals surface area contributed by atoms with Gasteiger partial charge in [0.25, 0.3) is 5.69 Å². The lowest BCUT2D eigenvalue weighted by molar-refractivity contribution is -1.02. The van der Waals surface area contributed by atoms with Crippen LogP contribution in [-0.2, 0) is 13.1 Å². The van der Waals surface area contributed by atoms with E-state index in [2.05, 4.69) is 6.07 Å². The highest BCUT2D eigenvalue weighted by molar-refractivity contribution is 6.31. The van der Waals surface area contributed by atoms with Crippen molar-refractivity contribution in [2.75, 3.05) is 26.2 Å². The fourth-order valence-corrected chi connectivity index (χ4v) is 3.45. The molecule has 3 rings (SSSR count). The van der Waals surface area contributed by atoms with Gasteiger partial charge in [0.2, 0.25) is 0 Å². The molecule has 2 N–H and O–H groups in total. The number of hydrogen-bond acceptors (Lipinski definition) is 2. The molecule has 0 amide bonds. The molecular weight excluding hydrogens is 326 g/mol. The zero-order valence-electron chi connectivity index (χ0n) is 13.5. The van der Waals surface area contributed by atoms with Gasteiger partial charge in [0.05, 0.1) is 4.92 Å². The normalized spacial score (nSPS) is 20.7. The molecule has 0 bridgehead atoms. The van der Waals surface area contributed by atoms with Crippen molar-refractivity contribution in [1.29, 1.82) is 0 Å². The number of benzene rings is 2. The number of nitro groups is 1. The number of nitrogens with zero attached hydrogens (tertiary/aromatic N) is 1. The second-order valence-corrected chi connectivity index (χ2v) is 6.78. The average molecular weight is 348 g/mol. The van der Waals surface area contributed by atoms with E-state index in [4.69, 9.17) is 11.6 Å². The van der Waals surface area contributed by atoms with Gasteiger partial charge in [-0.25, -0.2) is 0 Å². The highest BCUT2D eigenvalue weighted by Crippen LogP contribution is 2.13. The summed E-state index contributed by atoms with van der Waals surface area (Å²) in [6.07, 6.45) is 0. The summed E-state index contributed by atoms with van der Waals surface area (Å²) < 4.78 is 0. The van der Waals surface area contributed by atoms with Gasteiger partial charge < -0.3 is 9.80 Å². The van der Waals surface area contributed by atoms with Crippen LogP contribution in [0.15, 0.2) is 48.5 Å². The minimum absolute atomic E-state index is 0.155. The Kier molecular flexibility index (Phi) is 5.45. The lowest BCUT2D eigenvalue weighted by atomic mass is 10.1. The highest BCUT2D eigenvalue weighted by Gasteiger charge is 2.23. The van der Waals surface area contributed by atoms with E-state index < -0.39 is 0 Å². The first kappa shape index (κ1) is 16.9. The van der Waals surface area contributed by atoms with Gasteiger partial charge in [-0.05, 0) is 18.2 Å². The summed E-state index contributed by atoms with van der Waals surface area (Å²) in [6, 6.07) is 15.0. The van der Waals surface area contributed by atoms with Gasteiger partial charge in [-0.3, -0.25) is 10.1 Å². The molecule has 0 unspecified atom stereocenters. The Bertz CT molecular complexity index is 698. The molecule has 1 fully saturated rings. The zero-order valence-corrected chi connectivity index (χ0v) is 14.3. The summed E-state index contributed by atoms with van der Waals surface area (Å²) in [7, 11) is 0. The lowest BCUT2D eigenvalue weighted by Crippen LogP contribution is -3.27. The van der Waals surface area contributed by atoms with E-state index in [9.17, 15) is 10.1 Å². The third-order valence-corrected chi connectivity index (χ3v) is 5.03. The molecule has 1 saturated heterocycles. The fraction of sp³-hybridized carbons (Fsp3) is 0.333. The lowest BCUT2D eigenvalue weighted by Gasteiger charge is -2.30. The van der Waals surface area contributed by atoms with Crippen molar-refractivity contribution in [3.63, 3.8) is 0 Å². The summed E-state index contributed by atoms with van der Waals surface area (Å²) in [4.78, 5) is 13.4. The molecule has 2 aromatic carbocycles. The molecule has 0 saturated carbocycles. The predicted octanol–water partition coefficient (Wildman–Crippen LogP) is 0.732. The Morgan fingerprint density at radius 3 is 2.08 bits per heavy atom. The number of quaternary nitrogens is 2. The Labute approximate surface area is 146 Å². The maximum Gasteiger partial charge on any atom is 0.269 e. The number of rotatable bonds is 5. The predicted molar refractivity (Wildman–Crippen MR) is 93.3 cm³/mol. The van der Waals surface area contributed by atoms with Crippen LogP contribution in [-0.4, -0.2) is 31.1 Å². The van der Waals surface area contributed by atoms with Gasteiger partial charge in [0.1, 0.15) is 39.3 Å². The van der Waals surface area contributed by atoms with Crippen molar-refractivity contribution < 1.29 is 14.7 Å². The van der Waals surface area contributed by atoms with Gasteiger partial charge in [-0.2, -0.15) is 0 Å². The van der Waals surface area contributed by atoms with Crippen LogP contribution in [0.25, 0.3) is 0 Å². The molecule has 5 nitrogen and oxygen atoms in total. The first-order chi connectivity index (χ1) is 11.6. The molecule has 1 aliphatic rings. The summed E-state index contributed by atoms with van der Waals surface area (Å²) in [5.74, 6) is 0. The Balaban J connectivity index is 1.50. The summed E-state index contributed by atoms with van der Waals surface area (Å²) >= 11 is 6.25. The summed E-state index contributed by atoms with van der Waals surface area (Å²) in [5, 5.41) is 11.6. The minimum Gasteiger partial charge on any atom is -0.322 e. The number of non-ortho nitro benzene ring substituents is 1. The van der Waals surface area contributed by atoms with Gasteiger partial charge >= 0.3 is 0 Å². The molecular formula is C18H22ClN3O2+2. The number of nitro benzene ring substituents is 1. The third-order valence-electron chi connectivity index (χ3n) is 4.66. The molecule has 126 valence electrons. The molecule has 2 aromatic rings. The maximum atomic E-state index is 10.7. The molecule has 6 heteroatoms. The van der Waals surface area contributed by atoms with Crippen LogP contribution in [0.2, 0.25) is 5.02 Å². The van der Waals surface area contributed by atoms with Crippen molar-refractivity contribution in [2.45, 2.75) is 13.1 Å². The van der Waals surface area contributed by atoms with E-state index >= 15 is 0 Å². The Morgan fingerprint density at radius 1 is 0.917 bits per heavy atom. The van der Waals surface area contributed by atoms with Crippen molar-refractivity contribution >= 4 is 17.3 Å². The molecule has 0 aromatic heterocycles. The maximum absolute atomic E-state index is 10.7. The molecule has 0 radical (unpaired) electrons. The quantitative estimate of drug-likeness (QED) is 0.619. The summed E-state index contributed by atoms with van der Waals surface area (Å²) in [6.45, 7) is 6.36. The SMILES string of the molecule is O=[N+]([O-])c1ccc(C[NH+]2CC[NH+](Cc3ccccc3Cl)CC2)cc1. The van der Waals surface area contributed by atoms with Gasteiger partial charge in [-0.1, -0.05) is 29.8 Å². The van der Waals surface area contributed by atoms with Crippen LogP contribution in [0.4, 0.5) is 5.69 Å². The Hall–Kier alpha value is -1.95. The van der Waals surface area contributed by atoms with E-state index in [-0.39, 0.29) is 10.6 Å². The average Bonchev–Trinajstić information content (AvgIpc) is 2.59. The van der Waals surface area contributed by atoms with E-state index in [1.807, 2.05) is 30.3 Å². The zero-order chi connectivity index (χ0) is 16.9. The van der Waals surface area contributed by atoms with Crippen molar-refractivity contribution in [3.05, 3.63) is 74.8 Å². The van der Waals surface area contributed by atoms with Crippen molar-refractivity contribution in [1.82, 2.24) is 0 Å². The van der Waals surface area contributed by atoms with Gasteiger partial charge in [0.15, 0.2) is 0 Å². The van der Waals surface area contributed by atoms with Crippen LogP contribution >= 0.6 is 11.6 Å². The van der Waals surface area contributed by atoms with Gasteiger partial charge in [0, 0.05) is 28.3 Å². The highest BCUT2D eigenvalue weighted by atomic mass is 35.5. The van der Waals surface area contributed by atoms with E-state index in [1.54, 1.807) is 17.0 Å². The number of piperazine rings is 1. The molecule has 0 atom stereocenters. The van der Waals surface area contributed by atoms with E-state index in [0.29, 0.717) is 0 Å². The van der Waals surface area contributed by atoms with Crippen LogP contribution in [0.1, 0.15) is 11.1 Å². The number of nitrogens with one attached hydrogen (secondary N) is 2. The molecule has 1 aliphatic heterocycles. The minimum atomic E-state index is -0.354. The van der Waals surface area contributed by atoms with Crippen LogP contribution < -0.4 is 9.80 Å². The van der Waals surface area contributed by atoms with E-state index in [0.717, 1.165) is 49.9 Å². The van der Waals surface area contributed by atoms with Crippen LogP contribution in [0, 0.1) is 10.1 Å². The molecule has 1 heterocycles. The third kappa shape index (κ3) is 4.32. The van der Waals surface area contributed by atoms with Crippen molar-refractivity contribution in [2.24, 2.45) is 0 Å². The fourth-order valence-electron chi connectivity index (χ4n) is 3.25. The second kappa shape index (κ2) is 7.75.